The van der Waals surface area contributed by atoms with Crippen LogP contribution in [0.4, 0.5) is 0 Å². The van der Waals surface area contributed by atoms with Crippen LogP contribution >= 0.6 is 15.9 Å². The van der Waals surface area contributed by atoms with Gasteiger partial charge >= 0.3 is 0 Å². The number of hydrogen-bond acceptors (Lipinski definition) is 3. The van der Waals surface area contributed by atoms with Gasteiger partial charge in [0.1, 0.15) is 5.75 Å². The summed E-state index contributed by atoms with van der Waals surface area (Å²) in [6.45, 7) is 2.77. The number of ether oxygens (including phenoxy) is 2. The van der Waals surface area contributed by atoms with Gasteiger partial charge in [-0.1, -0.05) is 6.07 Å². The average molecular weight is 312 g/mol. The Hall–Kier alpha value is -0.580. The molecule has 3 rings (SSSR count). The number of methoxy groups -OCH3 is 1. The standard InChI is InChI=1S/C14H18BrNO2/c1-17-12-5-4-10(7-11(12)15)14(8-18-9-14)13-3-2-6-16-13/h4-5,7,13,16H,2-3,6,8-9H2,1H3. The highest BCUT2D eigenvalue weighted by atomic mass is 79.9. The highest BCUT2D eigenvalue weighted by molar-refractivity contribution is 9.10. The molecule has 0 aliphatic carbocycles. The van der Waals surface area contributed by atoms with E-state index in [4.69, 9.17) is 9.47 Å². The van der Waals surface area contributed by atoms with Crippen molar-refractivity contribution in [1.29, 1.82) is 0 Å². The fraction of sp³-hybridized carbons (Fsp3) is 0.571. The van der Waals surface area contributed by atoms with E-state index in [-0.39, 0.29) is 5.41 Å². The highest BCUT2D eigenvalue weighted by Gasteiger charge is 2.48. The molecule has 1 N–H and O–H groups in total. The van der Waals surface area contributed by atoms with Gasteiger partial charge < -0.3 is 14.8 Å². The van der Waals surface area contributed by atoms with Crippen LogP contribution in [0, 0.1) is 0 Å². The molecule has 1 aromatic rings. The van der Waals surface area contributed by atoms with Gasteiger partial charge in [0.25, 0.3) is 0 Å². The third-order valence-corrected chi connectivity index (χ3v) is 4.79. The van der Waals surface area contributed by atoms with Crippen LogP contribution in [0.5, 0.6) is 5.75 Å². The summed E-state index contributed by atoms with van der Waals surface area (Å²) in [4.78, 5) is 0. The highest BCUT2D eigenvalue weighted by Crippen LogP contribution is 2.41. The van der Waals surface area contributed by atoms with Gasteiger partial charge in [0, 0.05) is 6.04 Å². The minimum Gasteiger partial charge on any atom is -0.496 e. The Morgan fingerprint density at radius 3 is 2.78 bits per heavy atom. The Labute approximate surface area is 116 Å². The molecule has 3 nitrogen and oxygen atoms in total. The van der Waals surface area contributed by atoms with E-state index in [1.165, 1.54) is 18.4 Å². The molecule has 2 saturated heterocycles. The molecule has 2 fully saturated rings. The molecule has 0 radical (unpaired) electrons. The van der Waals surface area contributed by atoms with E-state index < -0.39 is 0 Å². The van der Waals surface area contributed by atoms with E-state index >= 15 is 0 Å². The van der Waals surface area contributed by atoms with Crippen molar-refractivity contribution in [3.63, 3.8) is 0 Å². The summed E-state index contributed by atoms with van der Waals surface area (Å²) in [7, 11) is 1.69. The molecule has 0 saturated carbocycles. The van der Waals surface area contributed by atoms with Crippen molar-refractivity contribution in [3.8, 4) is 5.75 Å². The summed E-state index contributed by atoms with van der Waals surface area (Å²) in [6.07, 6.45) is 2.51. The van der Waals surface area contributed by atoms with Crippen molar-refractivity contribution < 1.29 is 9.47 Å². The number of halogens is 1. The Morgan fingerprint density at radius 2 is 2.28 bits per heavy atom. The molecule has 1 atom stereocenters. The minimum absolute atomic E-state index is 0.158. The fourth-order valence-corrected chi connectivity index (χ4v) is 3.56. The first-order chi connectivity index (χ1) is 8.76. The lowest BCUT2D eigenvalue weighted by Crippen LogP contribution is -2.58. The van der Waals surface area contributed by atoms with Crippen LogP contribution in [0.1, 0.15) is 18.4 Å². The SMILES string of the molecule is COc1ccc(C2(C3CCCN3)COC2)cc1Br. The monoisotopic (exact) mass is 311 g/mol. The molecule has 2 heterocycles. The maximum absolute atomic E-state index is 5.51. The quantitative estimate of drug-likeness (QED) is 0.930. The van der Waals surface area contributed by atoms with Gasteiger partial charge in [0.15, 0.2) is 0 Å². The summed E-state index contributed by atoms with van der Waals surface area (Å²) in [6, 6.07) is 6.94. The predicted octanol–water partition coefficient (Wildman–Crippen LogP) is 2.48. The molecule has 2 aliphatic heterocycles. The number of rotatable bonds is 3. The van der Waals surface area contributed by atoms with Crippen molar-refractivity contribution in [2.45, 2.75) is 24.3 Å². The van der Waals surface area contributed by atoms with Crippen LogP contribution in [0.15, 0.2) is 22.7 Å². The average Bonchev–Trinajstić information content (AvgIpc) is 2.82. The van der Waals surface area contributed by atoms with E-state index in [1.807, 2.05) is 6.07 Å². The molecule has 2 aliphatic rings. The zero-order chi connectivity index (χ0) is 12.6. The zero-order valence-electron chi connectivity index (χ0n) is 10.5. The molecule has 18 heavy (non-hydrogen) atoms. The summed E-state index contributed by atoms with van der Waals surface area (Å²) < 4.78 is 11.8. The number of nitrogens with one attached hydrogen (secondary N) is 1. The molecular weight excluding hydrogens is 294 g/mol. The van der Waals surface area contributed by atoms with Crippen LogP contribution in [-0.4, -0.2) is 32.9 Å². The van der Waals surface area contributed by atoms with E-state index in [1.54, 1.807) is 7.11 Å². The Balaban J connectivity index is 1.93. The maximum atomic E-state index is 5.51. The van der Waals surface area contributed by atoms with Crippen LogP contribution in [0.3, 0.4) is 0 Å². The lowest BCUT2D eigenvalue weighted by molar-refractivity contribution is -0.0761. The van der Waals surface area contributed by atoms with Gasteiger partial charge in [-0.3, -0.25) is 0 Å². The third kappa shape index (κ3) is 1.87. The molecule has 0 aromatic heterocycles. The first kappa shape index (κ1) is 12.5. The van der Waals surface area contributed by atoms with Crippen molar-refractivity contribution in [2.24, 2.45) is 0 Å². The van der Waals surface area contributed by atoms with Gasteiger partial charge in [-0.05, 0) is 53.0 Å². The van der Waals surface area contributed by atoms with Crippen molar-refractivity contribution >= 4 is 15.9 Å². The third-order valence-electron chi connectivity index (χ3n) is 4.17. The number of benzene rings is 1. The van der Waals surface area contributed by atoms with Crippen LogP contribution in [0.2, 0.25) is 0 Å². The molecule has 0 amide bonds. The van der Waals surface area contributed by atoms with Gasteiger partial charge in [-0.25, -0.2) is 0 Å². The minimum atomic E-state index is 0.158. The first-order valence-corrected chi connectivity index (χ1v) is 7.21. The second kappa shape index (κ2) is 4.83. The molecule has 1 unspecified atom stereocenters. The summed E-state index contributed by atoms with van der Waals surface area (Å²) >= 11 is 3.58. The summed E-state index contributed by atoms with van der Waals surface area (Å²) in [5.74, 6) is 0.883. The van der Waals surface area contributed by atoms with E-state index in [9.17, 15) is 0 Å². The topological polar surface area (TPSA) is 30.5 Å². The summed E-state index contributed by atoms with van der Waals surface area (Å²) in [5, 5.41) is 3.62. The first-order valence-electron chi connectivity index (χ1n) is 6.41. The normalized spacial score (nSPS) is 25.8. The van der Waals surface area contributed by atoms with Crippen molar-refractivity contribution in [2.75, 3.05) is 26.9 Å². The zero-order valence-corrected chi connectivity index (χ0v) is 12.1. The second-order valence-corrected chi connectivity index (χ2v) is 6.00. The lowest BCUT2D eigenvalue weighted by Gasteiger charge is -2.46. The van der Waals surface area contributed by atoms with Crippen LogP contribution < -0.4 is 10.1 Å². The Morgan fingerprint density at radius 1 is 1.44 bits per heavy atom. The molecule has 1 aromatic carbocycles. The largest absolute Gasteiger partial charge is 0.496 e. The molecule has 0 spiro atoms. The summed E-state index contributed by atoms with van der Waals surface area (Å²) in [5.41, 5.74) is 1.51. The van der Waals surface area contributed by atoms with Gasteiger partial charge in [-0.2, -0.15) is 0 Å². The van der Waals surface area contributed by atoms with E-state index in [2.05, 4.69) is 33.4 Å². The van der Waals surface area contributed by atoms with Crippen molar-refractivity contribution in [3.05, 3.63) is 28.2 Å². The second-order valence-electron chi connectivity index (χ2n) is 5.15. The van der Waals surface area contributed by atoms with Crippen LogP contribution in [0.25, 0.3) is 0 Å². The predicted molar refractivity (Wildman–Crippen MR) is 74.2 cm³/mol. The fourth-order valence-electron chi connectivity index (χ4n) is 3.02. The molecule has 4 heteroatoms. The Kier molecular flexibility index (Phi) is 3.34. The van der Waals surface area contributed by atoms with E-state index in [0.717, 1.165) is 30.0 Å². The van der Waals surface area contributed by atoms with Gasteiger partial charge in [0.05, 0.1) is 30.2 Å². The lowest BCUT2D eigenvalue weighted by atomic mass is 9.72. The molecular formula is C14H18BrNO2. The van der Waals surface area contributed by atoms with E-state index in [0.29, 0.717) is 6.04 Å². The molecule has 0 bridgehead atoms. The van der Waals surface area contributed by atoms with Crippen LogP contribution in [-0.2, 0) is 10.2 Å². The molecule has 98 valence electrons. The maximum Gasteiger partial charge on any atom is 0.133 e. The number of hydrogen-bond donors (Lipinski definition) is 1. The van der Waals surface area contributed by atoms with Gasteiger partial charge in [-0.15, -0.1) is 0 Å². The van der Waals surface area contributed by atoms with Gasteiger partial charge in [0.2, 0.25) is 0 Å². The Bertz CT molecular complexity index is 439. The smallest absolute Gasteiger partial charge is 0.133 e. The van der Waals surface area contributed by atoms with Crippen molar-refractivity contribution in [1.82, 2.24) is 5.32 Å².